The fourth-order valence-electron chi connectivity index (χ4n) is 2.40. The zero-order valence-electron chi connectivity index (χ0n) is 13.7. The van der Waals surface area contributed by atoms with Gasteiger partial charge in [-0.2, -0.15) is 23.5 Å². The highest BCUT2D eigenvalue weighted by atomic mass is 35.5. The molecule has 0 bridgehead atoms. The zero-order chi connectivity index (χ0) is 19.6. The molecule has 0 fully saturated rings. The van der Waals surface area contributed by atoms with Crippen molar-refractivity contribution in [2.45, 2.75) is 20.0 Å². The number of nitriles is 1. The highest BCUT2D eigenvalue weighted by Crippen LogP contribution is 2.38. The Morgan fingerprint density at radius 1 is 1.27 bits per heavy atom. The van der Waals surface area contributed by atoms with Gasteiger partial charge in [-0.05, 0) is 26.0 Å². The highest BCUT2D eigenvalue weighted by molar-refractivity contribution is 6.38. The highest BCUT2D eigenvalue weighted by Gasteiger charge is 2.33. The van der Waals surface area contributed by atoms with Crippen molar-refractivity contribution in [3.05, 3.63) is 45.2 Å². The standard InChI is InChI=1S/C16H13Cl2F3N4O/c1-3-24(4-2)15(26)13-9(7-22)8-23-25(13)14-11(17)5-10(6-12(14)18)16(19,20)21/h5-6,8H,3-4H2,1-2H3. The number of alkyl halides is 3. The van der Waals surface area contributed by atoms with Gasteiger partial charge in [0.1, 0.15) is 23.0 Å². The Morgan fingerprint density at radius 2 is 1.81 bits per heavy atom. The van der Waals surface area contributed by atoms with E-state index in [2.05, 4.69) is 5.10 Å². The summed E-state index contributed by atoms with van der Waals surface area (Å²) in [4.78, 5) is 14.2. The van der Waals surface area contributed by atoms with Crippen molar-refractivity contribution in [3.63, 3.8) is 0 Å². The van der Waals surface area contributed by atoms with Crippen molar-refractivity contribution in [3.8, 4) is 11.8 Å². The molecule has 0 aliphatic heterocycles. The Balaban J connectivity index is 2.70. The van der Waals surface area contributed by atoms with Gasteiger partial charge in [0.25, 0.3) is 5.91 Å². The van der Waals surface area contributed by atoms with Gasteiger partial charge in [-0.3, -0.25) is 4.79 Å². The summed E-state index contributed by atoms with van der Waals surface area (Å²) < 4.78 is 39.7. The molecular formula is C16H13Cl2F3N4O. The summed E-state index contributed by atoms with van der Waals surface area (Å²) in [6.07, 6.45) is -3.49. The van der Waals surface area contributed by atoms with Crippen LogP contribution in [0.1, 0.15) is 35.5 Å². The first-order chi connectivity index (χ1) is 12.1. The molecule has 26 heavy (non-hydrogen) atoms. The van der Waals surface area contributed by atoms with Crippen molar-refractivity contribution in [2.75, 3.05) is 13.1 Å². The fourth-order valence-corrected chi connectivity index (χ4v) is 3.04. The van der Waals surface area contributed by atoms with Crippen LogP contribution in [-0.2, 0) is 6.18 Å². The molecule has 1 aromatic carbocycles. The number of halogens is 5. The van der Waals surface area contributed by atoms with Crippen molar-refractivity contribution in [1.29, 1.82) is 5.26 Å². The van der Waals surface area contributed by atoms with Crippen LogP contribution in [0.3, 0.4) is 0 Å². The van der Waals surface area contributed by atoms with Gasteiger partial charge < -0.3 is 4.90 Å². The second-order valence-electron chi connectivity index (χ2n) is 5.19. The van der Waals surface area contributed by atoms with Crippen molar-refractivity contribution < 1.29 is 18.0 Å². The molecule has 0 saturated carbocycles. The predicted octanol–water partition coefficient (Wildman–Crippen LogP) is 4.55. The van der Waals surface area contributed by atoms with E-state index in [1.807, 2.05) is 6.07 Å². The Kier molecular flexibility index (Phi) is 5.84. The molecule has 0 atom stereocenters. The smallest absolute Gasteiger partial charge is 0.338 e. The van der Waals surface area contributed by atoms with Gasteiger partial charge in [-0.15, -0.1) is 0 Å². The molecule has 2 aromatic rings. The van der Waals surface area contributed by atoms with E-state index in [1.54, 1.807) is 13.8 Å². The SMILES string of the molecule is CCN(CC)C(=O)c1c(C#N)cnn1-c1c(Cl)cc(C(F)(F)F)cc1Cl. The number of rotatable bonds is 4. The third-order valence-corrected chi connectivity index (χ3v) is 4.28. The normalized spacial score (nSPS) is 11.3. The van der Waals surface area contributed by atoms with Crippen LogP contribution in [0.2, 0.25) is 10.0 Å². The number of hydrogen-bond donors (Lipinski definition) is 0. The molecule has 0 aliphatic carbocycles. The summed E-state index contributed by atoms with van der Waals surface area (Å²) in [6.45, 7) is 4.26. The maximum atomic E-state index is 12.9. The van der Waals surface area contributed by atoms with Crippen LogP contribution in [0, 0.1) is 11.3 Å². The van der Waals surface area contributed by atoms with Gasteiger partial charge >= 0.3 is 6.18 Å². The topological polar surface area (TPSA) is 61.9 Å². The summed E-state index contributed by atoms with van der Waals surface area (Å²) >= 11 is 12.0. The number of carbonyl (C=O) groups is 1. The molecular weight excluding hydrogens is 392 g/mol. The average molecular weight is 405 g/mol. The van der Waals surface area contributed by atoms with Crippen LogP contribution in [0.15, 0.2) is 18.3 Å². The second kappa shape index (κ2) is 7.56. The summed E-state index contributed by atoms with van der Waals surface area (Å²) in [5.41, 5.74) is -1.27. The minimum Gasteiger partial charge on any atom is -0.338 e. The number of benzene rings is 1. The minimum absolute atomic E-state index is 0.0334. The van der Waals surface area contributed by atoms with Crippen LogP contribution in [0.25, 0.3) is 5.69 Å². The van der Waals surface area contributed by atoms with E-state index in [0.29, 0.717) is 25.2 Å². The molecule has 5 nitrogen and oxygen atoms in total. The third-order valence-electron chi connectivity index (χ3n) is 3.70. The van der Waals surface area contributed by atoms with E-state index in [0.717, 1.165) is 10.9 Å². The molecule has 1 heterocycles. The second-order valence-corrected chi connectivity index (χ2v) is 6.01. The summed E-state index contributed by atoms with van der Waals surface area (Å²) in [5.74, 6) is -0.504. The molecule has 0 spiro atoms. The lowest BCUT2D eigenvalue weighted by atomic mass is 10.1. The monoisotopic (exact) mass is 404 g/mol. The molecule has 138 valence electrons. The van der Waals surface area contributed by atoms with Crippen molar-refractivity contribution in [2.24, 2.45) is 0 Å². The number of amides is 1. The van der Waals surface area contributed by atoms with E-state index < -0.39 is 17.6 Å². The number of nitrogens with zero attached hydrogens (tertiary/aromatic N) is 4. The van der Waals surface area contributed by atoms with Crippen LogP contribution >= 0.6 is 23.2 Å². The van der Waals surface area contributed by atoms with Gasteiger partial charge in [-0.25, -0.2) is 4.68 Å². The number of carbonyl (C=O) groups excluding carboxylic acids is 1. The van der Waals surface area contributed by atoms with Crippen molar-refractivity contribution in [1.82, 2.24) is 14.7 Å². The maximum absolute atomic E-state index is 12.9. The van der Waals surface area contributed by atoms with E-state index in [-0.39, 0.29) is 27.0 Å². The lowest BCUT2D eigenvalue weighted by molar-refractivity contribution is -0.137. The maximum Gasteiger partial charge on any atom is 0.416 e. The van der Waals surface area contributed by atoms with Gasteiger partial charge in [0.2, 0.25) is 0 Å². The Labute approximate surface area is 157 Å². The molecule has 10 heteroatoms. The Morgan fingerprint density at radius 3 is 2.23 bits per heavy atom. The summed E-state index contributed by atoms with van der Waals surface area (Å²) in [6, 6.07) is 3.24. The zero-order valence-corrected chi connectivity index (χ0v) is 15.2. The number of aromatic nitrogens is 2. The summed E-state index contributed by atoms with van der Waals surface area (Å²) in [7, 11) is 0. The fraction of sp³-hybridized carbons (Fsp3) is 0.312. The molecule has 0 N–H and O–H groups in total. The van der Waals surface area contributed by atoms with E-state index in [9.17, 15) is 23.2 Å². The Bertz CT molecular complexity index is 860. The molecule has 0 unspecified atom stereocenters. The van der Waals surface area contributed by atoms with Gasteiger partial charge in [0, 0.05) is 13.1 Å². The number of hydrogen-bond acceptors (Lipinski definition) is 3. The lowest BCUT2D eigenvalue weighted by Crippen LogP contribution is -2.32. The molecule has 0 saturated heterocycles. The first kappa shape index (κ1) is 20.1. The van der Waals surface area contributed by atoms with Crippen LogP contribution in [0.4, 0.5) is 13.2 Å². The van der Waals surface area contributed by atoms with E-state index in [4.69, 9.17) is 23.2 Å². The minimum atomic E-state index is -4.63. The first-order valence-corrected chi connectivity index (χ1v) is 8.25. The van der Waals surface area contributed by atoms with Gasteiger partial charge in [0.05, 0.1) is 21.8 Å². The molecule has 1 aromatic heterocycles. The van der Waals surface area contributed by atoms with Crippen molar-refractivity contribution >= 4 is 29.1 Å². The average Bonchev–Trinajstić information content (AvgIpc) is 2.97. The van der Waals surface area contributed by atoms with Crippen LogP contribution < -0.4 is 0 Å². The van der Waals surface area contributed by atoms with Gasteiger partial charge in [0.15, 0.2) is 0 Å². The third kappa shape index (κ3) is 3.64. The van der Waals surface area contributed by atoms with E-state index in [1.165, 1.54) is 4.90 Å². The predicted molar refractivity (Wildman–Crippen MR) is 90.6 cm³/mol. The molecule has 1 amide bonds. The van der Waals surface area contributed by atoms with E-state index >= 15 is 0 Å². The molecule has 0 aliphatic rings. The van der Waals surface area contributed by atoms with Crippen LogP contribution in [0.5, 0.6) is 0 Å². The molecule has 2 rings (SSSR count). The summed E-state index contributed by atoms with van der Waals surface area (Å²) in [5, 5.41) is 12.5. The Hall–Kier alpha value is -2.24. The first-order valence-electron chi connectivity index (χ1n) is 7.49. The quantitative estimate of drug-likeness (QED) is 0.750. The molecule has 0 radical (unpaired) electrons. The van der Waals surface area contributed by atoms with Crippen LogP contribution in [-0.4, -0.2) is 33.7 Å². The largest absolute Gasteiger partial charge is 0.416 e. The van der Waals surface area contributed by atoms with Gasteiger partial charge in [-0.1, -0.05) is 23.2 Å². The lowest BCUT2D eigenvalue weighted by Gasteiger charge is -2.20.